The van der Waals surface area contributed by atoms with Crippen LogP contribution in [0.2, 0.25) is 0 Å². The summed E-state index contributed by atoms with van der Waals surface area (Å²) in [6.45, 7) is 1.94. The first kappa shape index (κ1) is 18.3. The molecule has 0 bridgehead atoms. The molecule has 0 spiro atoms. The molecule has 1 heterocycles. The van der Waals surface area contributed by atoms with Crippen LogP contribution >= 0.6 is 11.8 Å². The molecular formula is C22H18O5S. The van der Waals surface area contributed by atoms with Crippen molar-refractivity contribution in [3.63, 3.8) is 0 Å². The number of hydrogen-bond acceptors (Lipinski definition) is 6. The van der Waals surface area contributed by atoms with Gasteiger partial charge in [0.05, 0.1) is 0 Å². The third kappa shape index (κ3) is 2.96. The Kier molecular flexibility index (Phi) is 4.43. The molecule has 1 aliphatic rings. The molecule has 142 valence electrons. The zero-order valence-corrected chi connectivity index (χ0v) is 15.8. The average molecular weight is 394 g/mol. The number of ketones is 1. The topological polar surface area (TPSA) is 98.0 Å². The van der Waals surface area contributed by atoms with Crippen LogP contribution in [-0.4, -0.2) is 26.2 Å². The second-order valence-corrected chi connectivity index (χ2v) is 7.80. The molecule has 3 aromatic rings. The van der Waals surface area contributed by atoms with Gasteiger partial charge >= 0.3 is 0 Å². The lowest BCUT2D eigenvalue weighted by Gasteiger charge is -2.15. The molecule has 0 saturated carbocycles. The fourth-order valence-corrected chi connectivity index (χ4v) is 4.67. The zero-order chi connectivity index (χ0) is 20.0. The van der Waals surface area contributed by atoms with E-state index in [1.165, 1.54) is 36.0 Å². The Morgan fingerprint density at radius 2 is 1.43 bits per heavy atom. The zero-order valence-electron chi connectivity index (χ0n) is 15.0. The molecule has 0 aromatic heterocycles. The number of phenols is 4. The molecule has 1 aliphatic heterocycles. The molecule has 0 saturated heterocycles. The van der Waals surface area contributed by atoms with Crippen LogP contribution in [0.15, 0.2) is 58.3 Å². The Balaban J connectivity index is 1.88. The van der Waals surface area contributed by atoms with Gasteiger partial charge in [0, 0.05) is 21.3 Å². The van der Waals surface area contributed by atoms with Crippen LogP contribution in [-0.2, 0) is 0 Å². The van der Waals surface area contributed by atoms with Crippen molar-refractivity contribution in [1.82, 2.24) is 0 Å². The number of fused-ring (bicyclic) bond motifs is 2. The molecular weight excluding hydrogens is 376 g/mol. The van der Waals surface area contributed by atoms with Gasteiger partial charge in [0.25, 0.3) is 0 Å². The minimum Gasteiger partial charge on any atom is -0.504 e. The first-order valence-corrected chi connectivity index (χ1v) is 9.65. The van der Waals surface area contributed by atoms with Crippen LogP contribution in [0.4, 0.5) is 0 Å². The smallest absolute Gasteiger partial charge is 0.171 e. The number of rotatable bonds is 2. The van der Waals surface area contributed by atoms with Gasteiger partial charge in [-0.15, -0.1) is 0 Å². The minimum absolute atomic E-state index is 0.0888. The minimum atomic E-state index is -0.352. The number of Topliss-reactive ketones (excluding diaryl/α,β-unsaturated/α-hetero) is 1. The Morgan fingerprint density at radius 3 is 2.14 bits per heavy atom. The summed E-state index contributed by atoms with van der Waals surface area (Å²) in [6, 6.07) is 13.1. The van der Waals surface area contributed by atoms with Crippen LogP contribution in [0.1, 0.15) is 35.2 Å². The van der Waals surface area contributed by atoms with E-state index in [4.69, 9.17) is 0 Å². The fraction of sp³-hybridized carbons (Fsp3) is 0.136. The summed E-state index contributed by atoms with van der Waals surface area (Å²) in [5.74, 6) is -1.41. The largest absolute Gasteiger partial charge is 0.504 e. The number of carbonyl (C=O) groups is 1. The van der Waals surface area contributed by atoms with E-state index in [1.54, 1.807) is 6.07 Å². The van der Waals surface area contributed by atoms with Crippen molar-refractivity contribution < 1.29 is 25.2 Å². The first-order valence-electron chi connectivity index (χ1n) is 8.83. The van der Waals surface area contributed by atoms with Crippen LogP contribution in [0.3, 0.4) is 0 Å². The lowest BCUT2D eigenvalue weighted by Crippen LogP contribution is -2.12. The standard InChI is InChI=1S/C22H18O5S/c1-2-13-14-5-3-12(11-4-6-16(23)17(24)7-11)8-20(14)28-21-10-19(26)18(25)9-15(21)22(13)27/h3-10,13,23-26H,2H2,1H3. The van der Waals surface area contributed by atoms with Gasteiger partial charge in [-0.1, -0.05) is 36.9 Å². The van der Waals surface area contributed by atoms with E-state index in [2.05, 4.69) is 0 Å². The molecule has 1 unspecified atom stereocenters. The third-order valence-electron chi connectivity index (χ3n) is 4.98. The summed E-state index contributed by atoms with van der Waals surface area (Å²) in [6.07, 6.45) is 0.604. The van der Waals surface area contributed by atoms with Crippen LogP contribution in [0.5, 0.6) is 23.0 Å². The van der Waals surface area contributed by atoms with E-state index in [0.29, 0.717) is 16.9 Å². The number of aromatic hydroxyl groups is 4. The molecule has 0 radical (unpaired) electrons. The maximum atomic E-state index is 13.1. The lowest BCUT2D eigenvalue weighted by molar-refractivity contribution is 0.0953. The van der Waals surface area contributed by atoms with E-state index < -0.39 is 0 Å². The van der Waals surface area contributed by atoms with Gasteiger partial charge in [-0.25, -0.2) is 0 Å². The van der Waals surface area contributed by atoms with Crippen molar-refractivity contribution in [2.45, 2.75) is 29.1 Å². The highest BCUT2D eigenvalue weighted by molar-refractivity contribution is 7.99. The summed E-state index contributed by atoms with van der Waals surface area (Å²) in [7, 11) is 0. The average Bonchev–Trinajstić information content (AvgIpc) is 2.78. The predicted octanol–water partition coefficient (Wildman–Crippen LogP) is 5.02. The summed E-state index contributed by atoms with van der Waals surface area (Å²) >= 11 is 1.36. The number of benzene rings is 3. The number of phenolic OH excluding ortho intramolecular Hbond substituents is 4. The van der Waals surface area contributed by atoms with E-state index in [1.807, 2.05) is 25.1 Å². The quantitative estimate of drug-likeness (QED) is 0.456. The van der Waals surface area contributed by atoms with Crippen LogP contribution < -0.4 is 0 Å². The maximum Gasteiger partial charge on any atom is 0.171 e. The van der Waals surface area contributed by atoms with Crippen LogP contribution in [0.25, 0.3) is 11.1 Å². The Labute approximate surface area is 165 Å². The predicted molar refractivity (Wildman–Crippen MR) is 106 cm³/mol. The highest BCUT2D eigenvalue weighted by atomic mass is 32.2. The summed E-state index contributed by atoms with van der Waals surface area (Å²) in [5.41, 5.74) is 2.85. The third-order valence-corrected chi connectivity index (χ3v) is 6.12. The van der Waals surface area contributed by atoms with Crippen molar-refractivity contribution in [2.24, 2.45) is 0 Å². The molecule has 4 rings (SSSR count). The molecule has 4 N–H and O–H groups in total. The van der Waals surface area contributed by atoms with Crippen molar-refractivity contribution in [3.8, 4) is 34.1 Å². The molecule has 0 fully saturated rings. The van der Waals surface area contributed by atoms with Gasteiger partial charge in [0.15, 0.2) is 28.8 Å². The monoisotopic (exact) mass is 394 g/mol. The van der Waals surface area contributed by atoms with E-state index in [-0.39, 0.29) is 34.7 Å². The van der Waals surface area contributed by atoms with Gasteiger partial charge in [-0.2, -0.15) is 0 Å². The highest BCUT2D eigenvalue weighted by Gasteiger charge is 2.30. The van der Waals surface area contributed by atoms with Gasteiger partial charge in [0.2, 0.25) is 0 Å². The lowest BCUT2D eigenvalue weighted by atomic mass is 9.87. The second-order valence-electron chi connectivity index (χ2n) is 6.72. The number of carbonyl (C=O) groups excluding carboxylic acids is 1. The van der Waals surface area contributed by atoms with E-state index in [9.17, 15) is 25.2 Å². The molecule has 1 atom stereocenters. The van der Waals surface area contributed by atoms with Crippen molar-refractivity contribution in [2.75, 3.05) is 0 Å². The molecule has 6 heteroatoms. The first-order chi connectivity index (χ1) is 13.4. The molecule has 5 nitrogen and oxygen atoms in total. The Morgan fingerprint density at radius 1 is 0.786 bits per heavy atom. The van der Waals surface area contributed by atoms with Gasteiger partial charge in [-0.05, 0) is 53.4 Å². The highest BCUT2D eigenvalue weighted by Crippen LogP contribution is 2.47. The SMILES string of the molecule is CCC1C(=O)c2cc(O)c(O)cc2Sc2cc(-c3ccc(O)c(O)c3)ccc21. The summed E-state index contributed by atoms with van der Waals surface area (Å²) in [4.78, 5) is 14.5. The van der Waals surface area contributed by atoms with Crippen molar-refractivity contribution in [3.05, 3.63) is 59.7 Å². The summed E-state index contributed by atoms with van der Waals surface area (Å²) < 4.78 is 0. The summed E-state index contributed by atoms with van der Waals surface area (Å²) in [5, 5.41) is 39.1. The van der Waals surface area contributed by atoms with E-state index >= 15 is 0 Å². The van der Waals surface area contributed by atoms with Gasteiger partial charge < -0.3 is 20.4 Å². The Bertz CT molecular complexity index is 1110. The van der Waals surface area contributed by atoms with Gasteiger partial charge in [0.1, 0.15) is 0 Å². The fourth-order valence-electron chi connectivity index (χ4n) is 3.48. The Hall–Kier alpha value is -3.12. The normalized spacial score (nSPS) is 15.6. The van der Waals surface area contributed by atoms with Gasteiger partial charge in [-0.3, -0.25) is 4.79 Å². The van der Waals surface area contributed by atoms with Crippen molar-refractivity contribution >= 4 is 17.5 Å². The molecule has 28 heavy (non-hydrogen) atoms. The van der Waals surface area contributed by atoms with Crippen LogP contribution in [0, 0.1) is 0 Å². The molecule has 3 aromatic carbocycles. The molecule has 0 amide bonds. The van der Waals surface area contributed by atoms with Crippen molar-refractivity contribution in [1.29, 1.82) is 0 Å². The van der Waals surface area contributed by atoms with E-state index in [0.717, 1.165) is 21.6 Å². The number of hydrogen-bond donors (Lipinski definition) is 4. The molecule has 0 aliphatic carbocycles. The second kappa shape index (κ2) is 6.80. The maximum absolute atomic E-state index is 13.1.